The van der Waals surface area contributed by atoms with Crippen LogP contribution in [0.5, 0.6) is 0 Å². The number of carbonyl (C=O) groups excluding carboxylic acids is 2. The fraction of sp³-hybridized carbons (Fsp3) is 0.818. The Balaban J connectivity index is 3.75. The van der Waals surface area contributed by atoms with Crippen molar-refractivity contribution in [3.8, 4) is 0 Å². The van der Waals surface area contributed by atoms with Crippen molar-refractivity contribution in [3.05, 3.63) is 0 Å². The number of hydrogen-bond acceptors (Lipinski definition) is 2. The van der Waals surface area contributed by atoms with Crippen molar-refractivity contribution < 1.29 is 9.59 Å². The topological polar surface area (TPSA) is 58.2 Å². The SMILES string of the molecule is CCC(C)NC(=O)CCNC(=O)C(C)(C)Br. The maximum Gasteiger partial charge on any atom is 0.236 e. The van der Waals surface area contributed by atoms with Crippen LogP contribution >= 0.6 is 15.9 Å². The summed E-state index contributed by atoms with van der Waals surface area (Å²) in [6, 6.07) is 0.191. The van der Waals surface area contributed by atoms with Gasteiger partial charge in [0.05, 0.1) is 4.32 Å². The lowest BCUT2D eigenvalue weighted by Gasteiger charge is -2.16. The fourth-order valence-corrected chi connectivity index (χ4v) is 1.09. The summed E-state index contributed by atoms with van der Waals surface area (Å²) >= 11 is 3.25. The van der Waals surface area contributed by atoms with Crippen molar-refractivity contribution in [3.63, 3.8) is 0 Å². The highest BCUT2D eigenvalue weighted by Gasteiger charge is 2.22. The zero-order chi connectivity index (χ0) is 12.8. The van der Waals surface area contributed by atoms with E-state index in [4.69, 9.17) is 0 Å². The molecule has 0 aliphatic carbocycles. The third kappa shape index (κ3) is 6.82. The monoisotopic (exact) mass is 292 g/mol. The molecule has 0 aromatic heterocycles. The van der Waals surface area contributed by atoms with Gasteiger partial charge in [-0.25, -0.2) is 0 Å². The molecule has 0 bridgehead atoms. The Kier molecular flexibility index (Phi) is 6.64. The Bertz CT molecular complexity index is 249. The van der Waals surface area contributed by atoms with Gasteiger partial charge in [0.15, 0.2) is 0 Å². The number of halogens is 1. The molecular formula is C11H21BrN2O2. The summed E-state index contributed by atoms with van der Waals surface area (Å²) in [5.41, 5.74) is 0. The summed E-state index contributed by atoms with van der Waals surface area (Å²) in [6.45, 7) is 7.87. The van der Waals surface area contributed by atoms with Gasteiger partial charge < -0.3 is 10.6 Å². The molecule has 94 valence electrons. The van der Waals surface area contributed by atoms with Crippen LogP contribution in [0.2, 0.25) is 0 Å². The zero-order valence-corrected chi connectivity index (χ0v) is 12.0. The summed E-state index contributed by atoms with van der Waals surface area (Å²) in [7, 11) is 0. The number of rotatable bonds is 6. The predicted molar refractivity (Wildman–Crippen MR) is 68.5 cm³/mol. The molecule has 0 aromatic carbocycles. The second kappa shape index (κ2) is 6.89. The van der Waals surface area contributed by atoms with E-state index in [9.17, 15) is 9.59 Å². The maximum atomic E-state index is 11.4. The molecule has 16 heavy (non-hydrogen) atoms. The molecule has 0 saturated heterocycles. The van der Waals surface area contributed by atoms with Crippen LogP contribution in [-0.4, -0.2) is 28.7 Å². The quantitative estimate of drug-likeness (QED) is 0.731. The molecule has 1 atom stereocenters. The van der Waals surface area contributed by atoms with Gasteiger partial charge in [-0.05, 0) is 27.2 Å². The first kappa shape index (κ1) is 15.4. The maximum absolute atomic E-state index is 11.4. The molecule has 0 aromatic rings. The van der Waals surface area contributed by atoms with E-state index in [0.29, 0.717) is 13.0 Å². The molecule has 0 saturated carbocycles. The Morgan fingerprint density at radius 2 is 1.94 bits per heavy atom. The summed E-state index contributed by atoms with van der Waals surface area (Å²) in [5.74, 6) is -0.133. The minimum absolute atomic E-state index is 0.0259. The predicted octanol–water partition coefficient (Wildman–Crippen LogP) is 1.58. The average molecular weight is 293 g/mol. The second-order valence-corrected chi connectivity index (χ2v) is 6.34. The molecule has 0 aliphatic rings. The van der Waals surface area contributed by atoms with E-state index in [1.807, 2.05) is 13.8 Å². The van der Waals surface area contributed by atoms with Crippen molar-refractivity contribution >= 4 is 27.7 Å². The van der Waals surface area contributed by atoms with E-state index >= 15 is 0 Å². The van der Waals surface area contributed by atoms with Gasteiger partial charge in [0.2, 0.25) is 11.8 Å². The first-order valence-electron chi connectivity index (χ1n) is 5.54. The van der Waals surface area contributed by atoms with Crippen LogP contribution in [0.4, 0.5) is 0 Å². The van der Waals surface area contributed by atoms with Gasteiger partial charge in [0, 0.05) is 19.0 Å². The van der Waals surface area contributed by atoms with Crippen LogP contribution in [0.25, 0.3) is 0 Å². The van der Waals surface area contributed by atoms with Crippen LogP contribution in [-0.2, 0) is 9.59 Å². The van der Waals surface area contributed by atoms with Gasteiger partial charge in [0.25, 0.3) is 0 Å². The first-order chi connectivity index (χ1) is 7.27. The Morgan fingerprint density at radius 3 is 2.38 bits per heavy atom. The van der Waals surface area contributed by atoms with E-state index in [0.717, 1.165) is 6.42 Å². The van der Waals surface area contributed by atoms with Gasteiger partial charge in [-0.2, -0.15) is 0 Å². The molecule has 1 unspecified atom stereocenters. The van der Waals surface area contributed by atoms with Gasteiger partial charge in [-0.3, -0.25) is 9.59 Å². The lowest BCUT2D eigenvalue weighted by Crippen LogP contribution is -2.40. The lowest BCUT2D eigenvalue weighted by molar-refractivity contribution is -0.123. The van der Waals surface area contributed by atoms with Gasteiger partial charge in [0.1, 0.15) is 0 Å². The van der Waals surface area contributed by atoms with Crippen LogP contribution in [0, 0.1) is 0 Å². The Morgan fingerprint density at radius 1 is 1.38 bits per heavy atom. The normalized spacial score (nSPS) is 13.1. The van der Waals surface area contributed by atoms with Crippen LogP contribution in [0.3, 0.4) is 0 Å². The summed E-state index contributed by atoms with van der Waals surface area (Å²) in [5, 5.41) is 5.54. The van der Waals surface area contributed by atoms with Crippen LogP contribution < -0.4 is 10.6 Å². The molecule has 0 heterocycles. The number of alkyl halides is 1. The molecule has 0 spiro atoms. The molecular weight excluding hydrogens is 272 g/mol. The van der Waals surface area contributed by atoms with Crippen molar-refractivity contribution in [2.75, 3.05) is 6.54 Å². The van der Waals surface area contributed by atoms with E-state index in [2.05, 4.69) is 26.6 Å². The standard InChI is InChI=1S/C11H21BrN2O2/c1-5-8(2)14-9(15)6-7-13-10(16)11(3,4)12/h8H,5-7H2,1-4H3,(H,13,16)(H,14,15). The molecule has 2 amide bonds. The highest BCUT2D eigenvalue weighted by molar-refractivity contribution is 9.10. The molecule has 5 heteroatoms. The van der Waals surface area contributed by atoms with E-state index in [1.165, 1.54) is 0 Å². The van der Waals surface area contributed by atoms with E-state index in [-0.39, 0.29) is 17.9 Å². The summed E-state index contributed by atoms with van der Waals surface area (Å²) in [4.78, 5) is 22.8. The lowest BCUT2D eigenvalue weighted by atomic mass is 10.2. The Hall–Kier alpha value is -0.580. The van der Waals surface area contributed by atoms with Crippen molar-refractivity contribution in [1.82, 2.24) is 10.6 Å². The fourth-order valence-electron chi connectivity index (χ4n) is 0.949. The van der Waals surface area contributed by atoms with E-state index < -0.39 is 4.32 Å². The van der Waals surface area contributed by atoms with Gasteiger partial charge in [-0.15, -0.1) is 0 Å². The van der Waals surface area contributed by atoms with Crippen molar-refractivity contribution in [2.45, 2.75) is 50.9 Å². The molecule has 0 radical (unpaired) electrons. The molecule has 0 fully saturated rings. The van der Waals surface area contributed by atoms with E-state index in [1.54, 1.807) is 13.8 Å². The highest BCUT2D eigenvalue weighted by Crippen LogP contribution is 2.14. The molecule has 4 nitrogen and oxygen atoms in total. The number of amides is 2. The smallest absolute Gasteiger partial charge is 0.236 e. The molecule has 0 rings (SSSR count). The largest absolute Gasteiger partial charge is 0.354 e. The van der Waals surface area contributed by atoms with Crippen molar-refractivity contribution in [1.29, 1.82) is 0 Å². The highest BCUT2D eigenvalue weighted by atomic mass is 79.9. The van der Waals surface area contributed by atoms with Gasteiger partial charge >= 0.3 is 0 Å². The Labute approximate surface area is 106 Å². The molecule has 0 aliphatic heterocycles. The van der Waals surface area contributed by atoms with Crippen molar-refractivity contribution in [2.24, 2.45) is 0 Å². The summed E-state index contributed by atoms with van der Waals surface area (Å²) < 4.78 is -0.583. The minimum Gasteiger partial charge on any atom is -0.354 e. The van der Waals surface area contributed by atoms with Crippen LogP contribution in [0.1, 0.15) is 40.5 Å². The zero-order valence-electron chi connectivity index (χ0n) is 10.4. The summed E-state index contributed by atoms with van der Waals surface area (Å²) in [6.07, 6.45) is 1.23. The third-order valence-electron chi connectivity index (χ3n) is 2.20. The first-order valence-corrected chi connectivity index (χ1v) is 6.33. The number of nitrogens with one attached hydrogen (secondary N) is 2. The van der Waals surface area contributed by atoms with Gasteiger partial charge in [-0.1, -0.05) is 22.9 Å². The third-order valence-corrected chi connectivity index (χ3v) is 2.56. The minimum atomic E-state index is -0.583. The molecule has 2 N–H and O–H groups in total. The van der Waals surface area contributed by atoms with Crippen LogP contribution in [0.15, 0.2) is 0 Å². The number of carbonyl (C=O) groups is 2. The number of hydrogen-bond donors (Lipinski definition) is 2. The second-order valence-electron chi connectivity index (χ2n) is 4.36. The average Bonchev–Trinajstić information content (AvgIpc) is 2.15.